The highest BCUT2D eigenvalue weighted by Gasteiger charge is 2.19. The summed E-state index contributed by atoms with van der Waals surface area (Å²) in [5.74, 6) is 1.14. The topological polar surface area (TPSA) is 87.0 Å². The number of nitrogens with zero attached hydrogens (tertiary/aromatic N) is 2. The molecule has 1 atom stereocenters. The summed E-state index contributed by atoms with van der Waals surface area (Å²) < 4.78 is 6.05. The summed E-state index contributed by atoms with van der Waals surface area (Å²) in [4.78, 5) is 15.8. The number of pyridine rings is 1. The van der Waals surface area contributed by atoms with Gasteiger partial charge in [-0.3, -0.25) is 9.78 Å². The van der Waals surface area contributed by atoms with Crippen molar-refractivity contribution >= 4 is 23.6 Å². The van der Waals surface area contributed by atoms with Crippen molar-refractivity contribution in [1.82, 2.24) is 10.3 Å². The second-order valence-corrected chi connectivity index (χ2v) is 8.53. The number of nitrogens with one attached hydrogen (secondary N) is 2. The number of aromatic nitrogens is 1. The van der Waals surface area contributed by atoms with E-state index in [1.165, 1.54) is 0 Å². The zero-order chi connectivity index (χ0) is 23.6. The van der Waals surface area contributed by atoms with Crippen LogP contribution >= 0.6 is 11.6 Å². The number of carbonyl (C=O) groups is 1. The van der Waals surface area contributed by atoms with Crippen LogP contribution in [0.3, 0.4) is 0 Å². The van der Waals surface area contributed by atoms with E-state index in [9.17, 15) is 4.79 Å². The van der Waals surface area contributed by atoms with Gasteiger partial charge in [0.05, 0.1) is 11.6 Å². The minimum atomic E-state index is -0.0893. The molecule has 2 N–H and O–H groups in total. The number of anilines is 1. The van der Waals surface area contributed by atoms with Crippen LogP contribution in [0.4, 0.5) is 5.69 Å². The Labute approximate surface area is 199 Å². The van der Waals surface area contributed by atoms with E-state index in [0.29, 0.717) is 39.9 Å². The van der Waals surface area contributed by atoms with E-state index in [1.807, 2.05) is 30.3 Å². The molecule has 6 nitrogen and oxygen atoms in total. The van der Waals surface area contributed by atoms with Crippen LogP contribution in [0.15, 0.2) is 60.9 Å². The van der Waals surface area contributed by atoms with E-state index >= 15 is 0 Å². The van der Waals surface area contributed by atoms with Gasteiger partial charge in [-0.1, -0.05) is 49.7 Å². The van der Waals surface area contributed by atoms with Crippen molar-refractivity contribution in [3.8, 4) is 11.8 Å². The van der Waals surface area contributed by atoms with Gasteiger partial charge in [0.2, 0.25) is 0 Å². The Kier molecular flexibility index (Phi) is 8.82. The number of rotatable bonds is 11. The van der Waals surface area contributed by atoms with Gasteiger partial charge in [0.25, 0.3) is 0 Å². The first kappa shape index (κ1) is 24.2. The number of benzene rings is 2. The average molecular weight is 463 g/mol. The molecule has 1 aromatic heterocycles. The Balaban J connectivity index is 1.79. The van der Waals surface area contributed by atoms with Crippen LogP contribution < -0.4 is 15.4 Å². The fourth-order valence-electron chi connectivity index (χ4n) is 3.47. The van der Waals surface area contributed by atoms with Gasteiger partial charge >= 0.3 is 0 Å². The van der Waals surface area contributed by atoms with Crippen molar-refractivity contribution in [3.05, 3.63) is 88.2 Å². The summed E-state index contributed by atoms with van der Waals surface area (Å²) in [5, 5.41) is 16.4. The minimum absolute atomic E-state index is 0.0893. The first-order chi connectivity index (χ1) is 16.0. The normalized spacial score (nSPS) is 11.6. The monoisotopic (exact) mass is 462 g/mol. The average Bonchev–Trinajstić information content (AvgIpc) is 2.82. The maximum Gasteiger partial charge on any atom is 0.159 e. The van der Waals surface area contributed by atoms with Gasteiger partial charge in [-0.05, 0) is 48.7 Å². The summed E-state index contributed by atoms with van der Waals surface area (Å²) >= 11 is 6.08. The van der Waals surface area contributed by atoms with Crippen molar-refractivity contribution < 1.29 is 9.53 Å². The molecule has 0 spiro atoms. The SMILES string of the molecule is CC(C)CN[C@@H](Cc1ccccc1C=O)c1cnccc1OCNc1cc(Cl)cc(C#N)c1. The van der Waals surface area contributed by atoms with Crippen molar-refractivity contribution in [2.45, 2.75) is 26.3 Å². The Morgan fingerprint density at radius 3 is 2.79 bits per heavy atom. The minimum Gasteiger partial charge on any atom is -0.473 e. The van der Waals surface area contributed by atoms with Gasteiger partial charge in [-0.25, -0.2) is 0 Å². The Bertz CT molecular complexity index is 1130. The maximum absolute atomic E-state index is 11.5. The quantitative estimate of drug-likeness (QED) is 0.293. The molecule has 2 aromatic carbocycles. The van der Waals surface area contributed by atoms with Crippen molar-refractivity contribution in [2.24, 2.45) is 5.92 Å². The van der Waals surface area contributed by atoms with Crippen LogP contribution in [0.1, 0.15) is 46.9 Å². The smallest absolute Gasteiger partial charge is 0.159 e. The predicted molar refractivity (Wildman–Crippen MR) is 131 cm³/mol. The standard InChI is InChI=1S/C26H27ClN4O2/c1-18(2)14-30-25(11-20-5-3-4-6-21(20)16-32)24-15-29-8-7-26(24)33-17-31-23-10-19(13-28)9-22(27)12-23/h3-10,12,15-16,18,25,30-31H,11,14,17H2,1-2H3/t25-/m0/s1. The fraction of sp³-hybridized carbons (Fsp3) is 0.269. The molecule has 3 rings (SSSR count). The van der Waals surface area contributed by atoms with E-state index in [0.717, 1.165) is 24.0 Å². The first-order valence-electron chi connectivity index (χ1n) is 10.8. The van der Waals surface area contributed by atoms with Crippen LogP contribution in [-0.4, -0.2) is 24.5 Å². The molecule has 0 aliphatic rings. The molecule has 0 aliphatic heterocycles. The zero-order valence-corrected chi connectivity index (χ0v) is 19.5. The molecule has 33 heavy (non-hydrogen) atoms. The van der Waals surface area contributed by atoms with Gasteiger partial charge in [-0.15, -0.1) is 0 Å². The number of halogens is 1. The van der Waals surface area contributed by atoms with Crippen LogP contribution in [0, 0.1) is 17.2 Å². The van der Waals surface area contributed by atoms with E-state index in [1.54, 1.807) is 30.6 Å². The van der Waals surface area contributed by atoms with E-state index in [4.69, 9.17) is 21.6 Å². The highest BCUT2D eigenvalue weighted by Crippen LogP contribution is 2.28. The lowest BCUT2D eigenvalue weighted by Crippen LogP contribution is -2.28. The third-order valence-electron chi connectivity index (χ3n) is 5.09. The lowest BCUT2D eigenvalue weighted by molar-refractivity contribution is 0.112. The molecule has 0 amide bonds. The second-order valence-electron chi connectivity index (χ2n) is 8.09. The molecule has 0 fully saturated rings. The molecule has 170 valence electrons. The summed E-state index contributed by atoms with van der Waals surface area (Å²) in [6.45, 7) is 5.28. The molecular formula is C26H27ClN4O2. The third-order valence-corrected chi connectivity index (χ3v) is 5.31. The maximum atomic E-state index is 11.5. The number of hydrogen-bond donors (Lipinski definition) is 2. The van der Waals surface area contributed by atoms with E-state index in [-0.39, 0.29) is 12.8 Å². The summed E-state index contributed by atoms with van der Waals surface area (Å²) in [7, 11) is 0. The molecule has 0 aliphatic carbocycles. The summed E-state index contributed by atoms with van der Waals surface area (Å²) in [6.07, 6.45) is 4.99. The predicted octanol–water partition coefficient (Wildman–Crippen LogP) is 5.40. The van der Waals surface area contributed by atoms with Crippen LogP contribution in [0.5, 0.6) is 5.75 Å². The number of nitriles is 1. The Hall–Kier alpha value is -3.40. The first-order valence-corrected chi connectivity index (χ1v) is 11.2. The van der Waals surface area contributed by atoms with Gasteiger partial charge in [0, 0.05) is 40.3 Å². The van der Waals surface area contributed by atoms with E-state index < -0.39 is 0 Å². The second kappa shape index (κ2) is 12.0. The Morgan fingerprint density at radius 2 is 2.03 bits per heavy atom. The lowest BCUT2D eigenvalue weighted by Gasteiger charge is -2.23. The lowest BCUT2D eigenvalue weighted by atomic mass is 9.96. The van der Waals surface area contributed by atoms with E-state index in [2.05, 4.69) is 35.5 Å². The summed E-state index contributed by atoms with van der Waals surface area (Å²) in [5.41, 5.74) is 3.72. The molecule has 0 saturated carbocycles. The van der Waals surface area contributed by atoms with Gasteiger partial charge in [0.15, 0.2) is 6.73 Å². The molecule has 0 radical (unpaired) electrons. The van der Waals surface area contributed by atoms with Crippen LogP contribution in [-0.2, 0) is 6.42 Å². The van der Waals surface area contributed by atoms with Crippen molar-refractivity contribution in [2.75, 3.05) is 18.6 Å². The van der Waals surface area contributed by atoms with Gasteiger partial charge in [-0.2, -0.15) is 5.26 Å². The molecule has 0 saturated heterocycles. The summed E-state index contributed by atoms with van der Waals surface area (Å²) in [6, 6.07) is 16.5. The van der Waals surface area contributed by atoms with Gasteiger partial charge in [0.1, 0.15) is 12.0 Å². The molecular weight excluding hydrogens is 436 g/mol. The highest BCUT2D eigenvalue weighted by molar-refractivity contribution is 6.31. The Morgan fingerprint density at radius 1 is 1.21 bits per heavy atom. The molecule has 1 heterocycles. The zero-order valence-electron chi connectivity index (χ0n) is 18.7. The molecule has 7 heteroatoms. The fourth-order valence-corrected chi connectivity index (χ4v) is 3.70. The van der Waals surface area contributed by atoms with Crippen LogP contribution in [0.2, 0.25) is 5.02 Å². The number of hydrogen-bond acceptors (Lipinski definition) is 6. The van der Waals surface area contributed by atoms with Crippen molar-refractivity contribution in [1.29, 1.82) is 5.26 Å². The molecule has 0 bridgehead atoms. The largest absolute Gasteiger partial charge is 0.473 e. The van der Waals surface area contributed by atoms with Crippen LogP contribution in [0.25, 0.3) is 0 Å². The van der Waals surface area contributed by atoms with Crippen molar-refractivity contribution in [3.63, 3.8) is 0 Å². The number of carbonyl (C=O) groups excluding carboxylic acids is 1. The molecule has 0 unspecified atom stereocenters. The third kappa shape index (κ3) is 7.04. The number of ether oxygens (including phenoxy) is 1. The number of aldehydes is 1. The van der Waals surface area contributed by atoms with Gasteiger partial charge < -0.3 is 15.4 Å². The molecule has 3 aromatic rings. The highest BCUT2D eigenvalue weighted by atomic mass is 35.5.